The molecule has 0 aromatic carbocycles. The lowest BCUT2D eigenvalue weighted by molar-refractivity contribution is -0.137. The Kier molecular flexibility index (Phi) is 6.45. The predicted octanol–water partition coefficient (Wildman–Crippen LogP) is 3.85. The molecule has 0 saturated carbocycles. The van der Waals surface area contributed by atoms with Gasteiger partial charge in [0.25, 0.3) is 11.5 Å². The quantitative estimate of drug-likeness (QED) is 0.576. The number of anilines is 1. The van der Waals surface area contributed by atoms with E-state index in [0.717, 1.165) is 4.88 Å². The molecule has 0 spiro atoms. The molecule has 0 radical (unpaired) electrons. The summed E-state index contributed by atoms with van der Waals surface area (Å²) < 4.78 is 2.65. The number of aliphatic carboxylic acids is 1. The first kappa shape index (κ1) is 22.5. The Labute approximate surface area is 184 Å². The van der Waals surface area contributed by atoms with Crippen molar-refractivity contribution in [2.24, 2.45) is 5.41 Å². The van der Waals surface area contributed by atoms with Gasteiger partial charge in [-0.05, 0) is 31.2 Å². The van der Waals surface area contributed by atoms with Gasteiger partial charge in [0.05, 0.1) is 18.5 Å². The average Bonchev–Trinajstić information content (AvgIpc) is 3.30. The topological polar surface area (TPSA) is 106 Å². The Balaban J connectivity index is 1.98. The molecule has 0 unspecified atom stereocenters. The predicted molar refractivity (Wildman–Crippen MR) is 121 cm³/mol. The summed E-state index contributed by atoms with van der Waals surface area (Å²) in [6.07, 6.45) is 1.39. The molecule has 3 heterocycles. The highest BCUT2D eigenvalue weighted by atomic mass is 32.1. The average molecular weight is 443 g/mol. The SMILES string of the molecule is Cc1ccc(CNc2cc(-c3cccn(CCC(=O)O)c3=O)nn2C(=O)C(C)(C)C)s1. The van der Waals surface area contributed by atoms with Crippen molar-refractivity contribution in [3.05, 3.63) is 56.6 Å². The van der Waals surface area contributed by atoms with Crippen LogP contribution in [0.15, 0.2) is 41.3 Å². The van der Waals surface area contributed by atoms with Crippen molar-refractivity contribution in [1.29, 1.82) is 0 Å². The molecule has 0 bridgehead atoms. The molecule has 9 heteroatoms. The van der Waals surface area contributed by atoms with Gasteiger partial charge >= 0.3 is 5.97 Å². The number of carboxylic acids is 1. The number of thiophene rings is 1. The molecule has 0 aliphatic heterocycles. The highest BCUT2D eigenvalue weighted by Gasteiger charge is 2.27. The third-order valence-corrected chi connectivity index (χ3v) is 5.65. The van der Waals surface area contributed by atoms with Crippen molar-refractivity contribution >= 4 is 29.0 Å². The van der Waals surface area contributed by atoms with Gasteiger partial charge in [-0.3, -0.25) is 14.4 Å². The molecule has 3 rings (SSSR count). The molecule has 0 atom stereocenters. The fourth-order valence-electron chi connectivity index (χ4n) is 2.99. The second-order valence-electron chi connectivity index (χ2n) is 8.31. The van der Waals surface area contributed by atoms with Gasteiger partial charge in [-0.1, -0.05) is 20.8 Å². The van der Waals surface area contributed by atoms with E-state index in [1.807, 2.05) is 39.8 Å². The normalized spacial score (nSPS) is 11.5. The van der Waals surface area contributed by atoms with Crippen LogP contribution in [0.3, 0.4) is 0 Å². The van der Waals surface area contributed by atoms with Gasteiger partial charge in [0, 0.05) is 34.0 Å². The summed E-state index contributed by atoms with van der Waals surface area (Å²) in [6.45, 7) is 8.05. The molecule has 0 aliphatic carbocycles. The summed E-state index contributed by atoms with van der Waals surface area (Å²) in [5.74, 6) is -0.681. The van der Waals surface area contributed by atoms with Gasteiger partial charge < -0.3 is 15.0 Å². The van der Waals surface area contributed by atoms with E-state index in [0.29, 0.717) is 23.6 Å². The maximum atomic E-state index is 13.0. The third kappa shape index (κ3) is 5.29. The fraction of sp³-hybridized carbons (Fsp3) is 0.364. The molecule has 0 aliphatic rings. The number of carbonyl (C=O) groups is 2. The molecule has 0 saturated heterocycles. The number of carbonyl (C=O) groups excluding carboxylic acids is 1. The zero-order valence-electron chi connectivity index (χ0n) is 18.0. The lowest BCUT2D eigenvalue weighted by atomic mass is 9.96. The van der Waals surface area contributed by atoms with E-state index in [1.54, 1.807) is 35.7 Å². The monoisotopic (exact) mass is 442 g/mol. The molecular weight excluding hydrogens is 416 g/mol. The molecule has 0 fully saturated rings. The first-order chi connectivity index (χ1) is 14.6. The summed E-state index contributed by atoms with van der Waals surface area (Å²) >= 11 is 1.66. The Bertz CT molecular complexity index is 1170. The highest BCUT2D eigenvalue weighted by Crippen LogP contribution is 2.25. The van der Waals surface area contributed by atoms with Crippen LogP contribution in [0.25, 0.3) is 11.3 Å². The Hall–Kier alpha value is -3.20. The fourth-order valence-corrected chi connectivity index (χ4v) is 3.82. The van der Waals surface area contributed by atoms with Gasteiger partial charge in [0.2, 0.25) is 0 Å². The van der Waals surface area contributed by atoms with E-state index in [-0.39, 0.29) is 24.4 Å². The van der Waals surface area contributed by atoms with Crippen LogP contribution in [0.1, 0.15) is 41.7 Å². The number of rotatable bonds is 7. The number of nitrogens with zero attached hydrogens (tertiary/aromatic N) is 3. The van der Waals surface area contributed by atoms with Crippen molar-refractivity contribution in [3.63, 3.8) is 0 Å². The minimum atomic E-state index is -0.979. The molecule has 2 N–H and O–H groups in total. The summed E-state index contributed by atoms with van der Waals surface area (Å²) in [6, 6.07) is 9.04. The van der Waals surface area contributed by atoms with Gasteiger partial charge in [-0.15, -0.1) is 11.3 Å². The summed E-state index contributed by atoms with van der Waals surface area (Å²) in [5.41, 5.74) is -0.352. The number of pyridine rings is 1. The lowest BCUT2D eigenvalue weighted by Gasteiger charge is -2.18. The molecule has 3 aromatic rings. The van der Waals surface area contributed by atoms with E-state index in [9.17, 15) is 14.4 Å². The molecule has 31 heavy (non-hydrogen) atoms. The first-order valence-electron chi connectivity index (χ1n) is 9.92. The zero-order valence-corrected chi connectivity index (χ0v) is 18.8. The number of hydrogen-bond donors (Lipinski definition) is 2. The molecule has 8 nitrogen and oxygen atoms in total. The van der Waals surface area contributed by atoms with Crippen LogP contribution in [-0.2, 0) is 17.9 Å². The van der Waals surface area contributed by atoms with Crippen molar-refractivity contribution < 1.29 is 14.7 Å². The van der Waals surface area contributed by atoms with Crippen molar-refractivity contribution in [1.82, 2.24) is 14.3 Å². The van der Waals surface area contributed by atoms with Crippen LogP contribution in [0.5, 0.6) is 0 Å². The summed E-state index contributed by atoms with van der Waals surface area (Å²) in [4.78, 5) is 39.0. The van der Waals surface area contributed by atoms with Gasteiger partial charge in [-0.25, -0.2) is 0 Å². The highest BCUT2D eigenvalue weighted by molar-refractivity contribution is 7.11. The second kappa shape index (κ2) is 8.89. The second-order valence-corrected chi connectivity index (χ2v) is 9.68. The van der Waals surface area contributed by atoms with Crippen LogP contribution >= 0.6 is 11.3 Å². The number of hydrogen-bond acceptors (Lipinski definition) is 6. The zero-order chi connectivity index (χ0) is 22.8. The Morgan fingerprint density at radius 3 is 2.58 bits per heavy atom. The van der Waals surface area contributed by atoms with Gasteiger partial charge in [-0.2, -0.15) is 9.78 Å². The number of aryl methyl sites for hydroxylation is 2. The standard InChI is InChI=1S/C22H26N4O4S/c1-14-7-8-15(31-14)13-23-18-12-17(24-26(18)21(30)22(2,3)4)16-6-5-10-25(20(16)29)11-9-19(27)28/h5-8,10,12,23H,9,11,13H2,1-4H3,(H,27,28). The van der Waals surface area contributed by atoms with Crippen molar-refractivity contribution in [3.8, 4) is 11.3 Å². The van der Waals surface area contributed by atoms with Crippen LogP contribution in [0, 0.1) is 12.3 Å². The minimum Gasteiger partial charge on any atom is -0.481 e. The van der Waals surface area contributed by atoms with E-state index < -0.39 is 11.4 Å². The molecule has 0 amide bonds. The maximum absolute atomic E-state index is 13.0. The molecule has 164 valence electrons. The van der Waals surface area contributed by atoms with Gasteiger partial charge in [0.15, 0.2) is 0 Å². The van der Waals surface area contributed by atoms with E-state index in [1.165, 1.54) is 14.1 Å². The largest absolute Gasteiger partial charge is 0.481 e. The number of aromatic nitrogens is 3. The van der Waals surface area contributed by atoms with E-state index in [2.05, 4.69) is 10.4 Å². The van der Waals surface area contributed by atoms with Gasteiger partial charge in [0.1, 0.15) is 11.5 Å². The first-order valence-corrected chi connectivity index (χ1v) is 10.7. The maximum Gasteiger partial charge on any atom is 0.305 e. The summed E-state index contributed by atoms with van der Waals surface area (Å²) in [5, 5.41) is 16.6. The van der Waals surface area contributed by atoms with E-state index in [4.69, 9.17) is 5.11 Å². The van der Waals surface area contributed by atoms with Crippen LogP contribution < -0.4 is 10.9 Å². The Morgan fingerprint density at radius 2 is 1.97 bits per heavy atom. The Morgan fingerprint density at radius 1 is 1.23 bits per heavy atom. The minimum absolute atomic E-state index is 0.0620. The lowest BCUT2D eigenvalue weighted by Crippen LogP contribution is -2.29. The van der Waals surface area contributed by atoms with Crippen LogP contribution in [0.2, 0.25) is 0 Å². The number of carboxylic acid groups (broad SMARTS) is 1. The van der Waals surface area contributed by atoms with Crippen molar-refractivity contribution in [2.45, 2.75) is 47.2 Å². The molecule has 3 aromatic heterocycles. The third-order valence-electron chi connectivity index (χ3n) is 4.65. The number of nitrogens with one attached hydrogen (secondary N) is 1. The molecular formula is C22H26N4O4S. The smallest absolute Gasteiger partial charge is 0.305 e. The van der Waals surface area contributed by atoms with Crippen molar-refractivity contribution in [2.75, 3.05) is 5.32 Å². The van der Waals surface area contributed by atoms with Crippen LogP contribution in [0.4, 0.5) is 5.82 Å². The van der Waals surface area contributed by atoms with E-state index >= 15 is 0 Å². The summed E-state index contributed by atoms with van der Waals surface area (Å²) in [7, 11) is 0. The van der Waals surface area contributed by atoms with Crippen LogP contribution in [-0.4, -0.2) is 31.3 Å².